The highest BCUT2D eigenvalue weighted by atomic mass is 35.5. The second-order valence-electron chi connectivity index (χ2n) is 3.60. The molecule has 0 fully saturated rings. The van der Waals surface area contributed by atoms with Crippen LogP contribution < -0.4 is 5.73 Å². The van der Waals surface area contributed by atoms with E-state index in [-0.39, 0.29) is 18.4 Å². The van der Waals surface area contributed by atoms with E-state index in [0.717, 1.165) is 13.0 Å². The number of fused-ring (bicyclic) bond motifs is 1. The van der Waals surface area contributed by atoms with Crippen molar-refractivity contribution in [3.63, 3.8) is 0 Å². The topological polar surface area (TPSA) is 35.2 Å². The molecule has 1 unspecified atom stereocenters. The molecule has 1 aliphatic rings. The highest BCUT2D eigenvalue weighted by molar-refractivity contribution is 5.85. The number of benzene rings is 1. The van der Waals surface area contributed by atoms with Crippen LogP contribution in [0.25, 0.3) is 0 Å². The lowest BCUT2D eigenvalue weighted by atomic mass is 9.95. The summed E-state index contributed by atoms with van der Waals surface area (Å²) in [6, 6.07) is 6.44. The van der Waals surface area contributed by atoms with Crippen molar-refractivity contribution in [2.75, 3.05) is 6.61 Å². The lowest BCUT2D eigenvalue weighted by molar-refractivity contribution is 0.122. The summed E-state index contributed by atoms with van der Waals surface area (Å²) in [5.74, 6) is 0. The van der Waals surface area contributed by atoms with Crippen LogP contribution in [-0.4, -0.2) is 6.61 Å². The Morgan fingerprint density at radius 3 is 3.00 bits per heavy atom. The van der Waals surface area contributed by atoms with Gasteiger partial charge in [-0.25, -0.2) is 0 Å². The molecule has 1 atom stereocenters. The van der Waals surface area contributed by atoms with Crippen LogP contribution in [0.15, 0.2) is 18.2 Å². The average molecular weight is 214 g/mol. The van der Waals surface area contributed by atoms with Crippen molar-refractivity contribution < 1.29 is 4.74 Å². The molecule has 1 aromatic rings. The molecule has 0 spiro atoms. The Balaban J connectivity index is 0.000000980. The van der Waals surface area contributed by atoms with E-state index in [2.05, 4.69) is 25.1 Å². The maximum atomic E-state index is 6.07. The third-order valence-electron chi connectivity index (χ3n) is 2.62. The zero-order valence-corrected chi connectivity index (χ0v) is 9.14. The number of aryl methyl sites for hydroxylation is 1. The van der Waals surface area contributed by atoms with Crippen molar-refractivity contribution in [2.45, 2.75) is 26.0 Å². The van der Waals surface area contributed by atoms with Crippen molar-refractivity contribution in [3.05, 3.63) is 34.9 Å². The minimum Gasteiger partial charge on any atom is -0.377 e. The highest BCUT2D eigenvalue weighted by Gasteiger charge is 2.16. The average Bonchev–Trinajstić information content (AvgIpc) is 2.29. The SMILES string of the molecule is Cc1cccc2c1C(N)CCOC2.Cl. The van der Waals surface area contributed by atoms with Gasteiger partial charge in [0.1, 0.15) is 0 Å². The van der Waals surface area contributed by atoms with Gasteiger partial charge in [0.25, 0.3) is 0 Å². The van der Waals surface area contributed by atoms with Crippen molar-refractivity contribution in [1.29, 1.82) is 0 Å². The molecule has 0 amide bonds. The van der Waals surface area contributed by atoms with Crippen molar-refractivity contribution in [3.8, 4) is 0 Å². The monoisotopic (exact) mass is 213 g/mol. The molecule has 1 aliphatic heterocycles. The summed E-state index contributed by atoms with van der Waals surface area (Å²) in [4.78, 5) is 0. The van der Waals surface area contributed by atoms with Gasteiger partial charge >= 0.3 is 0 Å². The van der Waals surface area contributed by atoms with Gasteiger partial charge in [-0.1, -0.05) is 18.2 Å². The number of rotatable bonds is 0. The fraction of sp³-hybridized carbons (Fsp3) is 0.455. The zero-order chi connectivity index (χ0) is 9.26. The van der Waals surface area contributed by atoms with Gasteiger partial charge < -0.3 is 10.5 Å². The first-order valence-corrected chi connectivity index (χ1v) is 4.71. The Kier molecular flexibility index (Phi) is 3.93. The molecule has 1 heterocycles. The maximum Gasteiger partial charge on any atom is 0.0720 e. The summed E-state index contributed by atoms with van der Waals surface area (Å²) in [6.45, 7) is 3.60. The van der Waals surface area contributed by atoms with Crippen molar-refractivity contribution in [1.82, 2.24) is 0 Å². The molecule has 1 aromatic carbocycles. The molecule has 0 bridgehead atoms. The van der Waals surface area contributed by atoms with Gasteiger partial charge in [0.05, 0.1) is 6.61 Å². The first-order chi connectivity index (χ1) is 6.29. The third kappa shape index (κ3) is 2.08. The Morgan fingerprint density at radius 2 is 2.21 bits per heavy atom. The Bertz CT molecular complexity index is 314. The Labute approximate surface area is 90.9 Å². The summed E-state index contributed by atoms with van der Waals surface area (Å²) >= 11 is 0. The Morgan fingerprint density at radius 1 is 1.43 bits per heavy atom. The van der Waals surface area contributed by atoms with E-state index in [1.54, 1.807) is 0 Å². The van der Waals surface area contributed by atoms with E-state index in [1.807, 2.05) is 0 Å². The van der Waals surface area contributed by atoms with Crippen LogP contribution in [0.2, 0.25) is 0 Å². The zero-order valence-electron chi connectivity index (χ0n) is 8.32. The molecule has 0 aliphatic carbocycles. The van der Waals surface area contributed by atoms with Crippen LogP contribution in [-0.2, 0) is 11.3 Å². The number of ether oxygens (including phenoxy) is 1. The summed E-state index contributed by atoms with van der Waals surface area (Å²) in [5, 5.41) is 0. The quantitative estimate of drug-likeness (QED) is 0.718. The van der Waals surface area contributed by atoms with E-state index in [9.17, 15) is 0 Å². The molecule has 2 nitrogen and oxygen atoms in total. The molecule has 0 saturated heterocycles. The first kappa shape index (κ1) is 11.5. The number of halogens is 1. The second-order valence-corrected chi connectivity index (χ2v) is 3.60. The number of nitrogens with two attached hydrogens (primary N) is 1. The van der Waals surface area contributed by atoms with E-state index in [1.165, 1.54) is 16.7 Å². The smallest absolute Gasteiger partial charge is 0.0720 e. The fourth-order valence-electron chi connectivity index (χ4n) is 1.93. The molecule has 2 rings (SSSR count). The first-order valence-electron chi connectivity index (χ1n) is 4.71. The predicted molar refractivity (Wildman–Crippen MR) is 59.6 cm³/mol. The summed E-state index contributed by atoms with van der Waals surface area (Å²) in [5.41, 5.74) is 9.90. The number of hydrogen-bond donors (Lipinski definition) is 1. The minimum absolute atomic E-state index is 0. The molecule has 3 heteroatoms. The van der Waals surface area contributed by atoms with Gasteiger partial charge in [-0.2, -0.15) is 0 Å². The molecular weight excluding hydrogens is 198 g/mol. The van der Waals surface area contributed by atoms with E-state index in [4.69, 9.17) is 10.5 Å². The highest BCUT2D eigenvalue weighted by Crippen LogP contribution is 2.26. The second kappa shape index (κ2) is 4.78. The normalized spacial score (nSPS) is 20.6. The van der Waals surface area contributed by atoms with E-state index >= 15 is 0 Å². The van der Waals surface area contributed by atoms with Gasteiger partial charge in [-0.05, 0) is 30.0 Å². The maximum absolute atomic E-state index is 6.07. The van der Waals surface area contributed by atoms with Crippen LogP contribution in [0, 0.1) is 6.92 Å². The van der Waals surface area contributed by atoms with Gasteiger partial charge in [-0.15, -0.1) is 12.4 Å². The van der Waals surface area contributed by atoms with Crippen molar-refractivity contribution >= 4 is 12.4 Å². The van der Waals surface area contributed by atoms with E-state index in [0.29, 0.717) is 6.61 Å². The molecule has 78 valence electrons. The van der Waals surface area contributed by atoms with E-state index < -0.39 is 0 Å². The van der Waals surface area contributed by atoms with Gasteiger partial charge in [0.2, 0.25) is 0 Å². The molecule has 0 aromatic heterocycles. The van der Waals surface area contributed by atoms with Crippen molar-refractivity contribution in [2.24, 2.45) is 5.73 Å². The molecule has 2 N–H and O–H groups in total. The van der Waals surface area contributed by atoms with Gasteiger partial charge in [-0.3, -0.25) is 0 Å². The van der Waals surface area contributed by atoms with Crippen LogP contribution in [0.1, 0.15) is 29.2 Å². The van der Waals surface area contributed by atoms with Crippen LogP contribution in [0.3, 0.4) is 0 Å². The fourth-order valence-corrected chi connectivity index (χ4v) is 1.93. The van der Waals surface area contributed by atoms with Gasteiger partial charge in [0.15, 0.2) is 0 Å². The number of hydrogen-bond acceptors (Lipinski definition) is 2. The predicted octanol–water partition coefficient (Wildman–Crippen LogP) is 2.34. The van der Waals surface area contributed by atoms with Crippen LogP contribution in [0.4, 0.5) is 0 Å². The molecule has 14 heavy (non-hydrogen) atoms. The largest absolute Gasteiger partial charge is 0.377 e. The van der Waals surface area contributed by atoms with Gasteiger partial charge in [0, 0.05) is 12.6 Å². The molecular formula is C11H16ClNO. The summed E-state index contributed by atoms with van der Waals surface area (Å²) < 4.78 is 5.47. The summed E-state index contributed by atoms with van der Waals surface area (Å²) in [7, 11) is 0. The minimum atomic E-state index is 0. The van der Waals surface area contributed by atoms with Crippen LogP contribution >= 0.6 is 12.4 Å². The summed E-state index contributed by atoms with van der Waals surface area (Å²) in [6.07, 6.45) is 0.928. The van der Waals surface area contributed by atoms with Crippen LogP contribution in [0.5, 0.6) is 0 Å². The lowest BCUT2D eigenvalue weighted by Gasteiger charge is -2.14. The molecule has 0 radical (unpaired) electrons. The lowest BCUT2D eigenvalue weighted by Crippen LogP contribution is -2.13. The third-order valence-corrected chi connectivity index (χ3v) is 2.62. The molecule has 0 saturated carbocycles. The Hall–Kier alpha value is -0.570. The standard InChI is InChI=1S/C11H15NO.ClH/c1-8-3-2-4-9-7-13-6-5-10(12)11(8)9;/h2-4,10H,5-7,12H2,1H3;1H.